The Labute approximate surface area is 185 Å². The number of para-hydroxylation sites is 2. The van der Waals surface area contributed by atoms with Crippen LogP contribution < -0.4 is 20.3 Å². The minimum absolute atomic E-state index is 0. The van der Waals surface area contributed by atoms with Crippen LogP contribution in [0.25, 0.3) is 0 Å². The number of alkyl halides is 2. The van der Waals surface area contributed by atoms with Gasteiger partial charge in [-0.25, -0.2) is 9.98 Å². The molecule has 2 heterocycles. The first kappa shape index (κ1) is 23.1. The van der Waals surface area contributed by atoms with E-state index in [1.54, 1.807) is 22.9 Å². The number of nitrogens with zero attached hydrogens (tertiary/aromatic N) is 5. The molecule has 1 aromatic heterocycles. The summed E-state index contributed by atoms with van der Waals surface area (Å²) in [7, 11) is 1.83. The minimum atomic E-state index is -2.84. The van der Waals surface area contributed by atoms with Crippen molar-refractivity contribution >= 4 is 35.6 Å². The van der Waals surface area contributed by atoms with Crippen LogP contribution in [0.1, 0.15) is 19.2 Å². The molecule has 29 heavy (non-hydrogen) atoms. The smallest absolute Gasteiger partial charge is 0.387 e. The van der Waals surface area contributed by atoms with Crippen molar-refractivity contribution in [2.75, 3.05) is 24.5 Å². The molecule has 1 aliphatic rings. The van der Waals surface area contributed by atoms with Crippen molar-refractivity contribution < 1.29 is 13.5 Å². The molecule has 2 aromatic rings. The molecule has 0 saturated carbocycles. The van der Waals surface area contributed by atoms with E-state index in [1.165, 1.54) is 6.33 Å². The Balaban J connectivity index is 0.00000300. The summed E-state index contributed by atoms with van der Waals surface area (Å²) in [6.45, 7) is 1.70. The van der Waals surface area contributed by atoms with Crippen LogP contribution >= 0.6 is 24.0 Å². The number of hydrogen-bond donors (Lipinski definition) is 2. The number of guanidine groups is 1. The van der Waals surface area contributed by atoms with E-state index in [4.69, 9.17) is 0 Å². The summed E-state index contributed by atoms with van der Waals surface area (Å²) >= 11 is 0. The molecule has 0 amide bonds. The average molecular weight is 521 g/mol. The summed E-state index contributed by atoms with van der Waals surface area (Å²) in [5.74, 6) is 1.65. The van der Waals surface area contributed by atoms with E-state index in [1.807, 2.05) is 24.9 Å². The van der Waals surface area contributed by atoms with Crippen molar-refractivity contribution in [3.63, 3.8) is 0 Å². The van der Waals surface area contributed by atoms with Gasteiger partial charge in [-0.2, -0.15) is 13.9 Å². The van der Waals surface area contributed by atoms with Crippen LogP contribution in [0.3, 0.4) is 0 Å². The van der Waals surface area contributed by atoms with Crippen LogP contribution in [-0.2, 0) is 13.6 Å². The van der Waals surface area contributed by atoms with E-state index < -0.39 is 6.61 Å². The maximum Gasteiger partial charge on any atom is 0.387 e. The van der Waals surface area contributed by atoms with E-state index in [2.05, 4.69) is 30.4 Å². The number of anilines is 1. The molecule has 0 aliphatic carbocycles. The maximum atomic E-state index is 12.7. The van der Waals surface area contributed by atoms with Gasteiger partial charge in [0.05, 0.1) is 5.69 Å². The molecule has 2 N–H and O–H groups in total. The lowest BCUT2D eigenvalue weighted by atomic mass is 10.2. The molecule has 1 atom stereocenters. The third-order valence-electron chi connectivity index (χ3n) is 4.48. The molecule has 8 nitrogen and oxygen atoms in total. The topological polar surface area (TPSA) is 79.6 Å². The number of aryl methyl sites for hydroxylation is 1. The largest absolute Gasteiger partial charge is 0.433 e. The zero-order chi connectivity index (χ0) is 19.9. The number of aliphatic imine (C=N–C) groups is 1. The first-order valence-corrected chi connectivity index (χ1v) is 9.23. The van der Waals surface area contributed by atoms with Crippen LogP contribution in [-0.4, -0.2) is 53.0 Å². The lowest BCUT2D eigenvalue weighted by Gasteiger charge is -2.22. The van der Waals surface area contributed by atoms with E-state index in [9.17, 15) is 8.78 Å². The molecule has 0 spiro atoms. The zero-order valence-corrected chi connectivity index (χ0v) is 18.7. The summed E-state index contributed by atoms with van der Waals surface area (Å²) in [5.41, 5.74) is 0.674. The third-order valence-corrected chi connectivity index (χ3v) is 4.48. The fraction of sp³-hybridized carbons (Fsp3) is 0.500. The van der Waals surface area contributed by atoms with Crippen molar-refractivity contribution in [3.05, 3.63) is 36.4 Å². The van der Waals surface area contributed by atoms with Gasteiger partial charge in [0.25, 0.3) is 0 Å². The second-order valence-electron chi connectivity index (χ2n) is 6.42. The number of benzene rings is 1. The number of hydrogen-bond acceptors (Lipinski definition) is 5. The molecule has 1 fully saturated rings. The monoisotopic (exact) mass is 521 g/mol. The summed E-state index contributed by atoms with van der Waals surface area (Å²) < 4.78 is 31.7. The van der Waals surface area contributed by atoms with Gasteiger partial charge in [-0.15, -0.1) is 24.0 Å². The highest BCUT2D eigenvalue weighted by Gasteiger charge is 2.26. The van der Waals surface area contributed by atoms with Gasteiger partial charge >= 0.3 is 6.61 Å². The normalized spacial score (nSPS) is 16.7. The molecule has 11 heteroatoms. The predicted molar refractivity (Wildman–Crippen MR) is 118 cm³/mol. The zero-order valence-electron chi connectivity index (χ0n) is 16.4. The quantitative estimate of drug-likeness (QED) is 0.331. The third kappa shape index (κ3) is 6.41. The van der Waals surface area contributed by atoms with Crippen LogP contribution in [0.5, 0.6) is 5.75 Å². The summed E-state index contributed by atoms with van der Waals surface area (Å²) in [4.78, 5) is 10.8. The Kier molecular flexibility index (Phi) is 8.86. The number of rotatable bonds is 7. The Morgan fingerprint density at radius 3 is 2.86 bits per heavy atom. The van der Waals surface area contributed by atoms with Crippen molar-refractivity contribution in [1.82, 2.24) is 25.4 Å². The van der Waals surface area contributed by atoms with Gasteiger partial charge in [0.1, 0.15) is 24.4 Å². The summed E-state index contributed by atoms with van der Waals surface area (Å²) in [6.07, 6.45) is 2.36. The van der Waals surface area contributed by atoms with Crippen LogP contribution in [0.15, 0.2) is 35.6 Å². The minimum Gasteiger partial charge on any atom is -0.433 e. The van der Waals surface area contributed by atoms with E-state index in [-0.39, 0.29) is 35.8 Å². The SMILES string of the molecule is CCNC(=NCc1ncnn1C)NC1CCN(c2ccccc2OC(F)F)C1.I. The number of halogens is 3. The fourth-order valence-corrected chi connectivity index (χ4v) is 3.14. The van der Waals surface area contributed by atoms with Gasteiger partial charge in [0.15, 0.2) is 5.96 Å². The first-order chi connectivity index (χ1) is 13.6. The molecule has 1 aromatic carbocycles. The molecular weight excluding hydrogens is 495 g/mol. The standard InChI is InChI=1S/C18H25F2N7O.HI/c1-3-21-18(22-10-16-23-12-24-26(16)2)25-13-8-9-27(11-13)14-6-4-5-7-15(14)28-17(19)20;/h4-7,12-13,17H,3,8-11H2,1-2H3,(H2,21,22,25);1H. The second kappa shape index (κ2) is 11.1. The highest BCUT2D eigenvalue weighted by Crippen LogP contribution is 2.31. The van der Waals surface area contributed by atoms with Crippen LogP contribution in [0.4, 0.5) is 14.5 Å². The lowest BCUT2D eigenvalue weighted by molar-refractivity contribution is -0.0495. The highest BCUT2D eigenvalue weighted by atomic mass is 127. The molecule has 1 unspecified atom stereocenters. The summed E-state index contributed by atoms with van der Waals surface area (Å²) in [6, 6.07) is 7.01. The van der Waals surface area contributed by atoms with Gasteiger partial charge in [-0.1, -0.05) is 12.1 Å². The second-order valence-corrected chi connectivity index (χ2v) is 6.42. The van der Waals surface area contributed by atoms with Gasteiger partial charge in [0.2, 0.25) is 0 Å². The van der Waals surface area contributed by atoms with E-state index in [0.29, 0.717) is 24.7 Å². The predicted octanol–water partition coefficient (Wildman–Crippen LogP) is 2.37. The molecule has 1 aliphatic heterocycles. The van der Waals surface area contributed by atoms with E-state index >= 15 is 0 Å². The number of nitrogens with one attached hydrogen (secondary N) is 2. The van der Waals surface area contributed by atoms with Gasteiger partial charge < -0.3 is 20.3 Å². The van der Waals surface area contributed by atoms with Gasteiger partial charge in [-0.3, -0.25) is 4.68 Å². The number of ether oxygens (including phenoxy) is 1. The first-order valence-electron chi connectivity index (χ1n) is 9.23. The number of aromatic nitrogens is 3. The van der Waals surface area contributed by atoms with Gasteiger partial charge in [0, 0.05) is 32.7 Å². The van der Waals surface area contributed by atoms with Crippen molar-refractivity contribution in [2.24, 2.45) is 12.0 Å². The molecule has 160 valence electrons. The molecule has 0 bridgehead atoms. The van der Waals surface area contributed by atoms with Crippen LogP contribution in [0.2, 0.25) is 0 Å². The molecule has 1 saturated heterocycles. The molecular formula is C18H26F2IN7O. The van der Waals surface area contributed by atoms with Crippen molar-refractivity contribution in [2.45, 2.75) is 32.5 Å². The Morgan fingerprint density at radius 2 is 2.17 bits per heavy atom. The maximum absolute atomic E-state index is 12.7. The van der Waals surface area contributed by atoms with Gasteiger partial charge in [-0.05, 0) is 25.5 Å². The van der Waals surface area contributed by atoms with Crippen molar-refractivity contribution in [3.8, 4) is 5.75 Å². The molecule has 0 radical (unpaired) electrons. The van der Waals surface area contributed by atoms with E-state index in [0.717, 1.165) is 25.3 Å². The average Bonchev–Trinajstić information content (AvgIpc) is 3.29. The highest BCUT2D eigenvalue weighted by molar-refractivity contribution is 14.0. The van der Waals surface area contributed by atoms with Crippen molar-refractivity contribution in [1.29, 1.82) is 0 Å². The fourth-order valence-electron chi connectivity index (χ4n) is 3.14. The van der Waals surface area contributed by atoms with Crippen LogP contribution in [0, 0.1) is 0 Å². The Hall–Kier alpha value is -2.18. The Bertz CT molecular complexity index is 802. The Morgan fingerprint density at radius 1 is 1.38 bits per heavy atom. The summed E-state index contributed by atoms with van der Waals surface area (Å²) in [5, 5.41) is 10.7. The molecule has 3 rings (SSSR count). The lowest BCUT2D eigenvalue weighted by Crippen LogP contribution is -2.44.